The van der Waals surface area contributed by atoms with Crippen LogP contribution in [0.25, 0.3) is 0 Å². The summed E-state index contributed by atoms with van der Waals surface area (Å²) in [5.41, 5.74) is 0. The number of hydrogen-bond donors (Lipinski definition) is 3. The quantitative estimate of drug-likeness (QED) is 0.637. The zero-order valence-corrected chi connectivity index (χ0v) is 10.3. The SMILES string of the molecule is CCCC(C)NC(=O)NC1C=CC(C(=O)O)C1. The molecule has 2 amide bonds. The van der Waals surface area contributed by atoms with E-state index in [4.69, 9.17) is 5.11 Å². The summed E-state index contributed by atoms with van der Waals surface area (Å²) in [6.45, 7) is 4.01. The Kier molecular flexibility index (Phi) is 5.00. The summed E-state index contributed by atoms with van der Waals surface area (Å²) >= 11 is 0. The van der Waals surface area contributed by atoms with E-state index in [1.807, 2.05) is 6.92 Å². The molecule has 3 atom stereocenters. The summed E-state index contributed by atoms with van der Waals surface area (Å²) in [4.78, 5) is 22.3. The third kappa shape index (κ3) is 4.46. The zero-order valence-electron chi connectivity index (χ0n) is 10.3. The Morgan fingerprint density at radius 3 is 2.71 bits per heavy atom. The molecule has 17 heavy (non-hydrogen) atoms. The molecule has 0 radical (unpaired) electrons. The lowest BCUT2D eigenvalue weighted by atomic mass is 10.1. The number of rotatable bonds is 5. The van der Waals surface area contributed by atoms with Gasteiger partial charge in [0, 0.05) is 6.04 Å². The molecule has 1 aliphatic carbocycles. The fourth-order valence-electron chi connectivity index (χ4n) is 1.93. The molecule has 1 aliphatic rings. The van der Waals surface area contributed by atoms with E-state index >= 15 is 0 Å². The second-order valence-electron chi connectivity index (χ2n) is 4.48. The molecular weight excluding hydrogens is 220 g/mol. The number of carboxylic acid groups (broad SMARTS) is 1. The summed E-state index contributed by atoms with van der Waals surface area (Å²) < 4.78 is 0. The van der Waals surface area contributed by atoms with Gasteiger partial charge >= 0.3 is 12.0 Å². The van der Waals surface area contributed by atoms with Crippen LogP contribution in [0.15, 0.2) is 12.2 Å². The third-order valence-electron chi connectivity index (χ3n) is 2.82. The lowest BCUT2D eigenvalue weighted by Crippen LogP contribution is -2.44. The first-order valence-electron chi connectivity index (χ1n) is 6.01. The molecule has 5 heteroatoms. The van der Waals surface area contributed by atoms with Crippen LogP contribution in [0.5, 0.6) is 0 Å². The first-order valence-corrected chi connectivity index (χ1v) is 6.01. The minimum absolute atomic E-state index is 0.139. The minimum atomic E-state index is -0.842. The number of carbonyl (C=O) groups is 2. The average molecular weight is 240 g/mol. The molecule has 96 valence electrons. The maximum absolute atomic E-state index is 11.6. The lowest BCUT2D eigenvalue weighted by Gasteiger charge is -2.16. The van der Waals surface area contributed by atoms with Crippen LogP contribution in [0.3, 0.4) is 0 Å². The van der Waals surface area contributed by atoms with Gasteiger partial charge in [-0.1, -0.05) is 25.5 Å². The van der Waals surface area contributed by atoms with E-state index in [0.717, 1.165) is 12.8 Å². The van der Waals surface area contributed by atoms with Gasteiger partial charge in [0.1, 0.15) is 0 Å². The highest BCUT2D eigenvalue weighted by atomic mass is 16.4. The Morgan fingerprint density at radius 2 is 2.18 bits per heavy atom. The minimum Gasteiger partial charge on any atom is -0.481 e. The maximum Gasteiger partial charge on any atom is 0.315 e. The molecule has 0 aliphatic heterocycles. The summed E-state index contributed by atoms with van der Waals surface area (Å²) in [5, 5.41) is 14.4. The molecule has 0 saturated heterocycles. The summed E-state index contributed by atoms with van der Waals surface area (Å²) in [5.74, 6) is -1.32. The summed E-state index contributed by atoms with van der Waals surface area (Å²) in [7, 11) is 0. The maximum atomic E-state index is 11.6. The van der Waals surface area contributed by atoms with Gasteiger partial charge in [-0.2, -0.15) is 0 Å². The second kappa shape index (κ2) is 6.27. The Hall–Kier alpha value is -1.52. The molecule has 3 unspecified atom stereocenters. The molecule has 0 fully saturated rings. The molecule has 3 N–H and O–H groups in total. The van der Waals surface area contributed by atoms with Crippen molar-refractivity contribution >= 4 is 12.0 Å². The van der Waals surface area contributed by atoms with Gasteiger partial charge in [-0.15, -0.1) is 0 Å². The lowest BCUT2D eigenvalue weighted by molar-refractivity contribution is -0.140. The van der Waals surface area contributed by atoms with Crippen molar-refractivity contribution in [2.45, 2.75) is 45.2 Å². The molecular formula is C12H20N2O3. The van der Waals surface area contributed by atoms with Gasteiger partial charge in [-0.25, -0.2) is 4.79 Å². The van der Waals surface area contributed by atoms with Crippen LogP contribution >= 0.6 is 0 Å². The molecule has 1 rings (SSSR count). The van der Waals surface area contributed by atoms with Crippen LogP contribution in [0.2, 0.25) is 0 Å². The largest absolute Gasteiger partial charge is 0.481 e. The van der Waals surface area contributed by atoms with E-state index in [-0.39, 0.29) is 18.1 Å². The van der Waals surface area contributed by atoms with Crippen molar-refractivity contribution in [3.05, 3.63) is 12.2 Å². The summed E-state index contributed by atoms with van der Waals surface area (Å²) in [6.07, 6.45) is 5.76. The van der Waals surface area contributed by atoms with E-state index in [1.165, 1.54) is 0 Å². The van der Waals surface area contributed by atoms with Crippen molar-refractivity contribution in [1.29, 1.82) is 0 Å². The number of amides is 2. The normalized spacial score (nSPS) is 24.4. The number of hydrogen-bond acceptors (Lipinski definition) is 2. The van der Waals surface area contributed by atoms with Crippen molar-refractivity contribution in [1.82, 2.24) is 10.6 Å². The van der Waals surface area contributed by atoms with Crippen LogP contribution in [0.4, 0.5) is 4.79 Å². The Balaban J connectivity index is 2.29. The van der Waals surface area contributed by atoms with E-state index in [9.17, 15) is 9.59 Å². The van der Waals surface area contributed by atoms with Crippen LogP contribution < -0.4 is 10.6 Å². The van der Waals surface area contributed by atoms with Crippen molar-refractivity contribution < 1.29 is 14.7 Å². The predicted octanol–water partition coefficient (Wildman–Crippen LogP) is 1.50. The van der Waals surface area contributed by atoms with Crippen molar-refractivity contribution in [2.24, 2.45) is 5.92 Å². The first-order chi connectivity index (χ1) is 8.02. The van der Waals surface area contributed by atoms with Crippen molar-refractivity contribution in [2.75, 3.05) is 0 Å². The molecule has 0 bridgehead atoms. The molecule has 0 aromatic carbocycles. The standard InChI is InChI=1S/C12H20N2O3/c1-3-4-8(2)13-12(17)14-10-6-5-9(7-10)11(15)16/h5-6,8-10H,3-4,7H2,1-2H3,(H,15,16)(H2,13,14,17). The Morgan fingerprint density at radius 1 is 1.47 bits per heavy atom. The number of carboxylic acids is 1. The number of carbonyl (C=O) groups excluding carboxylic acids is 1. The van der Waals surface area contributed by atoms with Crippen molar-refractivity contribution in [3.8, 4) is 0 Å². The smallest absolute Gasteiger partial charge is 0.315 e. The van der Waals surface area contributed by atoms with Crippen LogP contribution in [0, 0.1) is 5.92 Å². The monoisotopic (exact) mass is 240 g/mol. The van der Waals surface area contributed by atoms with Gasteiger partial charge in [-0.3, -0.25) is 4.79 Å². The van der Waals surface area contributed by atoms with Gasteiger partial charge in [-0.05, 0) is 19.8 Å². The van der Waals surface area contributed by atoms with Crippen LogP contribution in [-0.4, -0.2) is 29.2 Å². The zero-order chi connectivity index (χ0) is 12.8. The van der Waals surface area contributed by atoms with Crippen LogP contribution in [0.1, 0.15) is 33.1 Å². The number of aliphatic carboxylic acids is 1. The second-order valence-corrected chi connectivity index (χ2v) is 4.48. The average Bonchev–Trinajstić information content (AvgIpc) is 2.66. The van der Waals surface area contributed by atoms with Gasteiger partial charge in [0.15, 0.2) is 0 Å². The highest BCUT2D eigenvalue weighted by molar-refractivity contribution is 5.76. The number of nitrogens with one attached hydrogen (secondary N) is 2. The van der Waals surface area contributed by atoms with E-state index in [2.05, 4.69) is 17.6 Å². The van der Waals surface area contributed by atoms with E-state index < -0.39 is 11.9 Å². The molecule has 0 heterocycles. The highest BCUT2D eigenvalue weighted by Gasteiger charge is 2.25. The number of urea groups is 1. The Labute approximate surface area is 101 Å². The summed E-state index contributed by atoms with van der Waals surface area (Å²) in [6, 6.07) is -0.266. The third-order valence-corrected chi connectivity index (χ3v) is 2.82. The molecule has 0 saturated carbocycles. The molecule has 5 nitrogen and oxygen atoms in total. The van der Waals surface area contributed by atoms with Crippen LogP contribution in [-0.2, 0) is 4.79 Å². The van der Waals surface area contributed by atoms with E-state index in [1.54, 1.807) is 12.2 Å². The highest BCUT2D eigenvalue weighted by Crippen LogP contribution is 2.17. The molecule has 0 aromatic heterocycles. The molecule has 0 aromatic rings. The Bertz CT molecular complexity index is 315. The first kappa shape index (κ1) is 13.5. The van der Waals surface area contributed by atoms with Gasteiger partial charge in [0.05, 0.1) is 12.0 Å². The predicted molar refractivity (Wildman–Crippen MR) is 64.7 cm³/mol. The van der Waals surface area contributed by atoms with E-state index in [0.29, 0.717) is 6.42 Å². The fourth-order valence-corrected chi connectivity index (χ4v) is 1.93. The fraction of sp³-hybridized carbons (Fsp3) is 0.667. The van der Waals surface area contributed by atoms with Crippen molar-refractivity contribution in [3.63, 3.8) is 0 Å². The van der Waals surface area contributed by atoms with Gasteiger partial charge in [0.25, 0.3) is 0 Å². The van der Waals surface area contributed by atoms with Gasteiger partial charge < -0.3 is 15.7 Å². The topological polar surface area (TPSA) is 78.4 Å². The van der Waals surface area contributed by atoms with Gasteiger partial charge in [0.2, 0.25) is 0 Å². The molecule has 0 spiro atoms.